The quantitative estimate of drug-likeness (QED) is 0.700. The van der Waals surface area contributed by atoms with Crippen LogP contribution in [-0.2, 0) is 21.4 Å². The predicted octanol–water partition coefficient (Wildman–Crippen LogP) is 2.76. The zero-order valence-corrected chi connectivity index (χ0v) is 18.3. The average molecular weight is 436 g/mol. The highest BCUT2D eigenvalue weighted by Crippen LogP contribution is 2.25. The number of anilines is 1. The molecule has 156 valence electrons. The third-order valence-corrected chi connectivity index (χ3v) is 6.56. The van der Waals surface area contributed by atoms with Gasteiger partial charge in [-0.05, 0) is 30.2 Å². The van der Waals surface area contributed by atoms with Gasteiger partial charge in [-0.15, -0.1) is 0 Å². The number of carbonyl (C=O) groups excluding carboxylic acids is 1. The fourth-order valence-electron chi connectivity index (χ4n) is 3.45. The fourth-order valence-corrected chi connectivity index (χ4v) is 4.34. The Hall–Kier alpha value is -2.09. The van der Waals surface area contributed by atoms with Crippen LogP contribution in [0.3, 0.4) is 0 Å². The van der Waals surface area contributed by atoms with E-state index in [1.807, 2.05) is 55.5 Å². The SMILES string of the molecule is Cc1ccc(Cl)cc1N1CCN(C(=O)CN(Cc2ccccc2)S(C)(=O)=O)CC1. The fraction of sp³-hybridized carbons (Fsp3) is 0.381. The van der Waals surface area contributed by atoms with E-state index in [-0.39, 0.29) is 19.0 Å². The molecule has 0 radical (unpaired) electrons. The van der Waals surface area contributed by atoms with Crippen molar-refractivity contribution >= 4 is 33.2 Å². The minimum absolute atomic E-state index is 0.149. The van der Waals surface area contributed by atoms with Gasteiger partial charge < -0.3 is 9.80 Å². The number of halogens is 1. The van der Waals surface area contributed by atoms with Crippen LogP contribution in [0.2, 0.25) is 5.02 Å². The van der Waals surface area contributed by atoms with Crippen molar-refractivity contribution in [2.75, 3.05) is 43.9 Å². The third kappa shape index (κ3) is 5.72. The van der Waals surface area contributed by atoms with E-state index >= 15 is 0 Å². The summed E-state index contributed by atoms with van der Waals surface area (Å²) in [7, 11) is -3.50. The summed E-state index contributed by atoms with van der Waals surface area (Å²) < 4.78 is 25.6. The number of piperazine rings is 1. The van der Waals surface area contributed by atoms with Crippen molar-refractivity contribution in [3.63, 3.8) is 0 Å². The first-order chi connectivity index (χ1) is 13.7. The molecule has 6 nitrogen and oxygen atoms in total. The van der Waals surface area contributed by atoms with Gasteiger partial charge in [0.15, 0.2) is 0 Å². The molecule has 0 N–H and O–H groups in total. The molecular weight excluding hydrogens is 410 g/mol. The minimum Gasteiger partial charge on any atom is -0.368 e. The first-order valence-corrected chi connectivity index (χ1v) is 11.7. The molecule has 0 saturated carbocycles. The predicted molar refractivity (Wildman–Crippen MR) is 117 cm³/mol. The highest BCUT2D eigenvalue weighted by atomic mass is 35.5. The van der Waals surface area contributed by atoms with E-state index < -0.39 is 10.0 Å². The van der Waals surface area contributed by atoms with Gasteiger partial charge in [0.1, 0.15) is 0 Å². The van der Waals surface area contributed by atoms with Crippen LogP contribution >= 0.6 is 11.6 Å². The second-order valence-electron chi connectivity index (χ2n) is 7.32. The van der Waals surface area contributed by atoms with Crippen molar-refractivity contribution in [3.8, 4) is 0 Å². The number of hydrogen-bond donors (Lipinski definition) is 0. The zero-order chi connectivity index (χ0) is 21.0. The van der Waals surface area contributed by atoms with Crippen molar-refractivity contribution in [2.24, 2.45) is 0 Å². The lowest BCUT2D eigenvalue weighted by Crippen LogP contribution is -2.51. The second kappa shape index (κ2) is 9.15. The molecule has 29 heavy (non-hydrogen) atoms. The van der Waals surface area contributed by atoms with E-state index in [0.29, 0.717) is 31.2 Å². The number of aryl methyl sites for hydroxylation is 1. The van der Waals surface area contributed by atoms with Crippen molar-refractivity contribution in [1.82, 2.24) is 9.21 Å². The van der Waals surface area contributed by atoms with Gasteiger partial charge >= 0.3 is 0 Å². The molecule has 2 aromatic rings. The van der Waals surface area contributed by atoms with Gasteiger partial charge in [0, 0.05) is 43.4 Å². The molecule has 1 fully saturated rings. The van der Waals surface area contributed by atoms with Gasteiger partial charge in [-0.25, -0.2) is 8.42 Å². The van der Waals surface area contributed by atoms with E-state index in [0.717, 1.165) is 23.1 Å². The molecule has 8 heteroatoms. The first kappa shape index (κ1) is 21.6. The van der Waals surface area contributed by atoms with Crippen LogP contribution in [0.25, 0.3) is 0 Å². The van der Waals surface area contributed by atoms with Crippen molar-refractivity contribution in [1.29, 1.82) is 0 Å². The lowest BCUT2D eigenvalue weighted by molar-refractivity contribution is -0.131. The standard InChI is InChI=1S/C21H26ClN3O3S/c1-17-8-9-19(22)14-20(17)23-10-12-24(13-11-23)21(26)16-25(29(2,27)28)15-18-6-4-3-5-7-18/h3-9,14H,10-13,15-16H2,1-2H3. The van der Waals surface area contributed by atoms with Gasteiger partial charge in [-0.3, -0.25) is 4.79 Å². The van der Waals surface area contributed by atoms with Gasteiger partial charge in [-0.2, -0.15) is 4.31 Å². The monoisotopic (exact) mass is 435 g/mol. The van der Waals surface area contributed by atoms with E-state index in [1.165, 1.54) is 4.31 Å². The van der Waals surface area contributed by atoms with Gasteiger partial charge in [0.25, 0.3) is 0 Å². The van der Waals surface area contributed by atoms with Crippen molar-refractivity contribution in [3.05, 3.63) is 64.7 Å². The Kier molecular flexibility index (Phi) is 6.82. The van der Waals surface area contributed by atoms with E-state index in [2.05, 4.69) is 4.90 Å². The maximum Gasteiger partial charge on any atom is 0.238 e. The van der Waals surface area contributed by atoms with Crippen molar-refractivity contribution in [2.45, 2.75) is 13.5 Å². The number of sulfonamides is 1. The van der Waals surface area contributed by atoms with Crippen molar-refractivity contribution < 1.29 is 13.2 Å². The summed E-state index contributed by atoms with van der Waals surface area (Å²) in [5.74, 6) is -0.172. The molecule has 1 amide bonds. The second-order valence-corrected chi connectivity index (χ2v) is 9.73. The molecule has 0 aromatic heterocycles. The average Bonchev–Trinajstić information content (AvgIpc) is 2.69. The Bertz CT molecular complexity index is 958. The molecule has 3 rings (SSSR count). The highest BCUT2D eigenvalue weighted by molar-refractivity contribution is 7.88. The van der Waals surface area contributed by atoms with E-state index in [9.17, 15) is 13.2 Å². The lowest BCUT2D eigenvalue weighted by atomic mass is 10.1. The number of amides is 1. The summed E-state index contributed by atoms with van der Waals surface area (Å²) in [6, 6.07) is 15.1. The van der Waals surface area contributed by atoms with Crippen LogP contribution in [0.1, 0.15) is 11.1 Å². The summed E-state index contributed by atoms with van der Waals surface area (Å²) in [5, 5.41) is 0.689. The Morgan fingerprint density at radius 3 is 2.34 bits per heavy atom. The summed E-state index contributed by atoms with van der Waals surface area (Å²) >= 11 is 6.13. The summed E-state index contributed by atoms with van der Waals surface area (Å²) in [5.41, 5.74) is 3.07. The molecule has 1 heterocycles. The third-order valence-electron chi connectivity index (χ3n) is 5.13. The maximum atomic E-state index is 12.8. The normalized spacial score (nSPS) is 15.0. The number of nitrogens with zero attached hydrogens (tertiary/aromatic N) is 3. The summed E-state index contributed by atoms with van der Waals surface area (Å²) in [6.07, 6.45) is 1.14. The molecule has 1 aliphatic heterocycles. The minimum atomic E-state index is -3.50. The van der Waals surface area contributed by atoms with Crippen LogP contribution in [0, 0.1) is 6.92 Å². The zero-order valence-electron chi connectivity index (χ0n) is 16.7. The molecule has 0 spiro atoms. The number of benzene rings is 2. The Balaban J connectivity index is 1.62. The van der Waals surface area contributed by atoms with E-state index in [4.69, 9.17) is 11.6 Å². The Labute approximate surface area is 177 Å². The summed E-state index contributed by atoms with van der Waals surface area (Å²) in [6.45, 7) is 4.55. The lowest BCUT2D eigenvalue weighted by Gasteiger charge is -2.37. The number of hydrogen-bond acceptors (Lipinski definition) is 4. The Morgan fingerprint density at radius 2 is 1.72 bits per heavy atom. The highest BCUT2D eigenvalue weighted by Gasteiger charge is 2.26. The topological polar surface area (TPSA) is 60.9 Å². The Morgan fingerprint density at radius 1 is 1.07 bits per heavy atom. The molecule has 0 aliphatic carbocycles. The molecule has 2 aromatic carbocycles. The van der Waals surface area contributed by atoms with Gasteiger partial charge in [0.2, 0.25) is 15.9 Å². The molecular formula is C21H26ClN3O3S. The summed E-state index contributed by atoms with van der Waals surface area (Å²) in [4.78, 5) is 16.7. The maximum absolute atomic E-state index is 12.8. The number of rotatable bonds is 6. The van der Waals surface area contributed by atoms with Crippen LogP contribution in [0.5, 0.6) is 0 Å². The number of carbonyl (C=O) groups is 1. The molecule has 0 bridgehead atoms. The molecule has 1 aliphatic rings. The van der Waals surface area contributed by atoms with E-state index in [1.54, 1.807) is 4.90 Å². The van der Waals surface area contributed by atoms with Crippen LogP contribution < -0.4 is 4.90 Å². The van der Waals surface area contributed by atoms with Gasteiger partial charge in [-0.1, -0.05) is 48.0 Å². The smallest absolute Gasteiger partial charge is 0.238 e. The largest absolute Gasteiger partial charge is 0.368 e. The van der Waals surface area contributed by atoms with Gasteiger partial charge in [0.05, 0.1) is 12.8 Å². The molecule has 0 unspecified atom stereocenters. The van der Waals surface area contributed by atoms with Crippen LogP contribution in [-0.4, -0.2) is 62.5 Å². The molecule has 1 saturated heterocycles. The first-order valence-electron chi connectivity index (χ1n) is 9.52. The van der Waals surface area contributed by atoms with Crippen LogP contribution in [0.4, 0.5) is 5.69 Å². The van der Waals surface area contributed by atoms with Crippen LogP contribution in [0.15, 0.2) is 48.5 Å². The molecule has 0 atom stereocenters.